The Morgan fingerprint density at radius 3 is 1.57 bits per heavy atom. The first-order valence-corrected chi connectivity index (χ1v) is 11.1. The summed E-state index contributed by atoms with van der Waals surface area (Å²) in [6.07, 6.45) is 0. The van der Waals surface area contributed by atoms with Crippen molar-refractivity contribution >= 4 is 0 Å². The van der Waals surface area contributed by atoms with Crippen LogP contribution in [0.5, 0.6) is 0 Å². The minimum Gasteiger partial charge on any atom is -0.311 e. The largest absolute Gasteiger partial charge is 0.311 e. The molecule has 0 radical (unpaired) electrons. The smallest absolute Gasteiger partial charge is 0.0234 e. The maximum Gasteiger partial charge on any atom is 0.0234 e. The van der Waals surface area contributed by atoms with Gasteiger partial charge >= 0.3 is 0 Å². The third kappa shape index (κ3) is 8.11. The highest BCUT2D eigenvalue weighted by Crippen LogP contribution is 2.07. The second-order valence-electron chi connectivity index (χ2n) is 7.78. The summed E-state index contributed by atoms with van der Waals surface area (Å²) in [5.41, 5.74) is 4.11. The number of nitrogens with zero attached hydrogens (tertiary/aromatic N) is 2. The summed E-state index contributed by atoms with van der Waals surface area (Å²) in [4.78, 5) is 5.10. The van der Waals surface area contributed by atoms with Gasteiger partial charge in [-0.2, -0.15) is 0 Å². The van der Waals surface area contributed by atoms with Crippen molar-refractivity contribution in [2.45, 2.75) is 26.6 Å². The summed E-state index contributed by atoms with van der Waals surface area (Å²) < 4.78 is 0. The van der Waals surface area contributed by atoms with Crippen LogP contribution in [0.4, 0.5) is 0 Å². The van der Waals surface area contributed by atoms with E-state index in [2.05, 4.69) is 113 Å². The summed E-state index contributed by atoms with van der Waals surface area (Å²) in [5, 5.41) is 3.60. The summed E-state index contributed by atoms with van der Waals surface area (Å²) in [5.74, 6) is 0. The van der Waals surface area contributed by atoms with Crippen LogP contribution in [0.15, 0.2) is 91.0 Å². The Bertz CT molecular complexity index is 805. The summed E-state index contributed by atoms with van der Waals surface area (Å²) >= 11 is 0. The molecular weight excluding hydrogens is 366 g/mol. The molecule has 0 atom stereocenters. The first-order chi connectivity index (χ1) is 14.8. The van der Waals surface area contributed by atoms with E-state index in [1.165, 1.54) is 16.7 Å². The summed E-state index contributed by atoms with van der Waals surface area (Å²) in [6, 6.07) is 32.2. The maximum atomic E-state index is 3.60. The van der Waals surface area contributed by atoms with Crippen LogP contribution in [0.3, 0.4) is 0 Å². The third-order valence-electron chi connectivity index (χ3n) is 5.45. The van der Waals surface area contributed by atoms with Gasteiger partial charge in [0.25, 0.3) is 0 Å². The van der Waals surface area contributed by atoms with Gasteiger partial charge < -0.3 is 5.32 Å². The predicted octanol–water partition coefficient (Wildman–Crippen LogP) is 4.80. The van der Waals surface area contributed by atoms with Gasteiger partial charge in [-0.15, -0.1) is 0 Å². The molecule has 0 unspecified atom stereocenters. The van der Waals surface area contributed by atoms with E-state index in [4.69, 9.17) is 0 Å². The number of likely N-dealkylation sites (N-methyl/N-ethyl adjacent to an activating group) is 1. The fourth-order valence-electron chi connectivity index (χ4n) is 3.65. The van der Waals surface area contributed by atoms with E-state index in [1.54, 1.807) is 0 Å². The van der Waals surface area contributed by atoms with E-state index in [1.807, 2.05) is 0 Å². The first-order valence-electron chi connectivity index (χ1n) is 11.1. The number of hydrogen-bond acceptors (Lipinski definition) is 3. The molecule has 1 N–H and O–H groups in total. The van der Waals surface area contributed by atoms with E-state index in [0.29, 0.717) is 0 Å². The van der Waals surface area contributed by atoms with Crippen molar-refractivity contribution in [2.24, 2.45) is 0 Å². The van der Waals surface area contributed by atoms with Crippen molar-refractivity contribution in [3.63, 3.8) is 0 Å². The third-order valence-corrected chi connectivity index (χ3v) is 5.45. The molecule has 158 valence electrons. The fourth-order valence-corrected chi connectivity index (χ4v) is 3.65. The number of rotatable bonds is 13. The molecule has 3 rings (SSSR count). The Balaban J connectivity index is 1.50. The molecule has 3 nitrogen and oxygen atoms in total. The van der Waals surface area contributed by atoms with Gasteiger partial charge in [-0.1, -0.05) is 97.9 Å². The van der Waals surface area contributed by atoms with Gasteiger partial charge in [-0.3, -0.25) is 9.80 Å². The Morgan fingerprint density at radius 2 is 1.03 bits per heavy atom. The second-order valence-corrected chi connectivity index (χ2v) is 7.78. The minimum atomic E-state index is 0.926. The zero-order valence-electron chi connectivity index (χ0n) is 18.2. The average molecular weight is 402 g/mol. The topological polar surface area (TPSA) is 18.5 Å². The highest BCUT2D eigenvalue weighted by atomic mass is 15.2. The van der Waals surface area contributed by atoms with Crippen LogP contribution < -0.4 is 5.32 Å². The van der Waals surface area contributed by atoms with E-state index in [9.17, 15) is 0 Å². The van der Waals surface area contributed by atoms with Gasteiger partial charge in [-0.05, 0) is 23.2 Å². The van der Waals surface area contributed by atoms with Gasteiger partial charge in [0.1, 0.15) is 0 Å². The molecule has 0 aromatic heterocycles. The normalized spacial score (nSPS) is 11.3. The lowest BCUT2D eigenvalue weighted by atomic mass is 10.2. The zero-order chi connectivity index (χ0) is 20.9. The molecule has 0 saturated heterocycles. The van der Waals surface area contributed by atoms with Gasteiger partial charge in [0.05, 0.1) is 0 Å². The van der Waals surface area contributed by atoms with E-state index in [-0.39, 0.29) is 0 Å². The predicted molar refractivity (Wildman–Crippen MR) is 127 cm³/mol. The van der Waals surface area contributed by atoms with E-state index < -0.39 is 0 Å². The molecule has 0 heterocycles. The molecule has 3 heteroatoms. The van der Waals surface area contributed by atoms with Crippen molar-refractivity contribution in [3.8, 4) is 0 Å². The molecule has 0 aliphatic heterocycles. The average Bonchev–Trinajstić information content (AvgIpc) is 2.81. The van der Waals surface area contributed by atoms with Gasteiger partial charge in [-0.25, -0.2) is 0 Å². The molecule has 0 aliphatic rings. The Labute approximate surface area is 182 Å². The van der Waals surface area contributed by atoms with Crippen LogP contribution in [-0.2, 0) is 19.6 Å². The number of nitrogens with one attached hydrogen (secondary N) is 1. The second kappa shape index (κ2) is 13.0. The molecular formula is C27H35N3. The molecule has 0 saturated carbocycles. The molecule has 30 heavy (non-hydrogen) atoms. The van der Waals surface area contributed by atoms with Crippen LogP contribution in [-0.4, -0.2) is 42.5 Å². The molecule has 0 amide bonds. The molecule has 3 aromatic rings. The van der Waals surface area contributed by atoms with E-state index >= 15 is 0 Å². The Hall–Kier alpha value is -2.46. The quantitative estimate of drug-likeness (QED) is 0.415. The Morgan fingerprint density at radius 1 is 0.567 bits per heavy atom. The summed E-state index contributed by atoms with van der Waals surface area (Å²) in [7, 11) is 0. The molecule has 3 aromatic carbocycles. The molecule has 0 fully saturated rings. The lowest BCUT2D eigenvalue weighted by Gasteiger charge is -2.27. The van der Waals surface area contributed by atoms with Crippen LogP contribution in [0, 0.1) is 0 Å². The number of hydrogen-bond donors (Lipinski definition) is 1. The fraction of sp³-hybridized carbons (Fsp3) is 0.333. The maximum absolute atomic E-state index is 3.60. The minimum absolute atomic E-state index is 0.926. The monoisotopic (exact) mass is 401 g/mol. The van der Waals surface area contributed by atoms with Crippen LogP contribution in [0.2, 0.25) is 0 Å². The standard InChI is InChI=1S/C27H35N3/c1-2-29(23-26-14-8-4-9-15-26)20-21-30(24-27-16-10-5-11-17-27)19-18-28-22-25-12-6-3-7-13-25/h3-17,28H,2,18-24H2,1H3. The summed E-state index contributed by atoms with van der Waals surface area (Å²) in [6.45, 7) is 10.5. The lowest BCUT2D eigenvalue weighted by molar-refractivity contribution is 0.198. The Kier molecular flexibility index (Phi) is 9.61. The number of benzene rings is 3. The SMILES string of the molecule is CCN(CCN(CCNCc1ccccc1)Cc1ccccc1)Cc1ccccc1. The van der Waals surface area contributed by atoms with Crippen molar-refractivity contribution in [1.82, 2.24) is 15.1 Å². The molecule has 0 bridgehead atoms. The van der Waals surface area contributed by atoms with Crippen molar-refractivity contribution in [1.29, 1.82) is 0 Å². The van der Waals surface area contributed by atoms with Crippen molar-refractivity contribution < 1.29 is 0 Å². The van der Waals surface area contributed by atoms with Gasteiger partial charge in [0.2, 0.25) is 0 Å². The van der Waals surface area contributed by atoms with Crippen LogP contribution >= 0.6 is 0 Å². The van der Waals surface area contributed by atoms with Gasteiger partial charge in [0, 0.05) is 45.8 Å². The first kappa shape index (κ1) is 22.2. The highest BCUT2D eigenvalue weighted by Gasteiger charge is 2.10. The highest BCUT2D eigenvalue weighted by molar-refractivity contribution is 5.16. The zero-order valence-corrected chi connectivity index (χ0v) is 18.2. The van der Waals surface area contributed by atoms with Crippen molar-refractivity contribution in [3.05, 3.63) is 108 Å². The molecule has 0 spiro atoms. The van der Waals surface area contributed by atoms with E-state index in [0.717, 1.165) is 52.4 Å². The van der Waals surface area contributed by atoms with Crippen LogP contribution in [0.25, 0.3) is 0 Å². The van der Waals surface area contributed by atoms with Crippen LogP contribution in [0.1, 0.15) is 23.6 Å². The van der Waals surface area contributed by atoms with Crippen molar-refractivity contribution in [2.75, 3.05) is 32.7 Å². The van der Waals surface area contributed by atoms with Gasteiger partial charge in [0.15, 0.2) is 0 Å². The lowest BCUT2D eigenvalue weighted by Crippen LogP contribution is -2.38. The molecule has 0 aliphatic carbocycles.